The molecule has 0 fully saturated rings. The Morgan fingerprint density at radius 3 is 1.53 bits per heavy atom. The van der Waals surface area contributed by atoms with Crippen molar-refractivity contribution in [1.29, 1.82) is 0 Å². The first-order valence-electron chi connectivity index (χ1n) is 23.0. The van der Waals surface area contributed by atoms with Gasteiger partial charge in [0.2, 0.25) is 0 Å². The van der Waals surface area contributed by atoms with Crippen LogP contribution in [0.1, 0.15) is 17.9 Å². The quantitative estimate of drug-likeness (QED) is 0.158. The summed E-state index contributed by atoms with van der Waals surface area (Å²) in [6.45, 7) is 0. The van der Waals surface area contributed by atoms with Crippen molar-refractivity contribution in [2.45, 2.75) is 12.3 Å². The molecule has 11 aromatic carbocycles. The van der Waals surface area contributed by atoms with Crippen molar-refractivity contribution >= 4 is 86.8 Å². The zero-order valence-corrected chi connectivity index (χ0v) is 36.1. The van der Waals surface area contributed by atoms with E-state index in [1.54, 1.807) is 0 Å². The van der Waals surface area contributed by atoms with Gasteiger partial charge in [0.05, 0.1) is 11.0 Å². The maximum Gasteiger partial charge on any atom is 0.136 e. The zero-order valence-electron chi connectivity index (χ0n) is 36.1. The number of hydrogen-bond donors (Lipinski definition) is 0. The van der Waals surface area contributed by atoms with Gasteiger partial charge in [-0.15, -0.1) is 0 Å². The van der Waals surface area contributed by atoms with Crippen LogP contribution in [0.2, 0.25) is 0 Å². The van der Waals surface area contributed by atoms with E-state index in [0.717, 1.165) is 39.6 Å². The number of rotatable bonds is 5. The lowest BCUT2D eigenvalue weighted by Crippen LogP contribution is -2.00. The molecule has 1 aliphatic carbocycles. The predicted molar refractivity (Wildman–Crippen MR) is 280 cm³/mol. The minimum absolute atomic E-state index is 0.326. The average molecular weight is 840 g/mol. The molecule has 2 heteroatoms. The molecule has 2 nitrogen and oxygen atoms in total. The summed E-state index contributed by atoms with van der Waals surface area (Å²) in [6.07, 6.45) is 10.0. The van der Waals surface area contributed by atoms with Crippen molar-refractivity contribution in [3.63, 3.8) is 0 Å². The van der Waals surface area contributed by atoms with Crippen molar-refractivity contribution in [2.75, 3.05) is 0 Å². The zero-order chi connectivity index (χ0) is 43.3. The third kappa shape index (κ3) is 5.36. The molecule has 0 saturated heterocycles. The summed E-state index contributed by atoms with van der Waals surface area (Å²) in [5, 5.41) is 14.8. The smallest absolute Gasteiger partial charge is 0.136 e. The lowest BCUT2D eigenvalue weighted by atomic mass is 9.81. The molecular weight excluding hydrogens is 799 g/mol. The van der Waals surface area contributed by atoms with E-state index in [4.69, 9.17) is 4.42 Å². The number of nitrogens with zero attached hydrogens (tertiary/aromatic N) is 1. The van der Waals surface area contributed by atoms with Crippen LogP contribution in [0.4, 0.5) is 0 Å². The molecule has 0 aliphatic heterocycles. The van der Waals surface area contributed by atoms with Crippen molar-refractivity contribution in [2.24, 2.45) is 0 Å². The number of allylic oxidation sites excluding steroid dienone is 4. The molecule has 0 spiro atoms. The van der Waals surface area contributed by atoms with Crippen LogP contribution in [0.5, 0.6) is 0 Å². The number of para-hydroxylation sites is 2. The summed E-state index contributed by atoms with van der Waals surface area (Å²) in [5.41, 5.74) is 14.0. The normalized spacial score (nSPS) is 14.0. The van der Waals surface area contributed by atoms with E-state index in [2.05, 4.69) is 235 Å². The molecule has 14 rings (SSSR count). The molecular formula is C64H41NO. The van der Waals surface area contributed by atoms with E-state index < -0.39 is 0 Å². The summed E-state index contributed by atoms with van der Waals surface area (Å²) in [6, 6.07) is 75.8. The fourth-order valence-electron chi connectivity index (χ4n) is 11.6. The van der Waals surface area contributed by atoms with Gasteiger partial charge in [-0.2, -0.15) is 0 Å². The van der Waals surface area contributed by atoms with E-state index in [1.165, 1.54) is 98.3 Å². The molecule has 1 aliphatic rings. The van der Waals surface area contributed by atoms with Crippen molar-refractivity contribution in [3.8, 4) is 39.1 Å². The van der Waals surface area contributed by atoms with Gasteiger partial charge in [-0.1, -0.05) is 188 Å². The second-order valence-corrected chi connectivity index (χ2v) is 17.8. The molecule has 1 atom stereocenters. The van der Waals surface area contributed by atoms with E-state index in [1.807, 2.05) is 0 Å². The predicted octanol–water partition coefficient (Wildman–Crippen LogP) is 17.9. The second-order valence-electron chi connectivity index (χ2n) is 17.8. The third-order valence-electron chi connectivity index (χ3n) is 14.3. The lowest BCUT2D eigenvalue weighted by Gasteiger charge is -2.22. The molecule has 66 heavy (non-hydrogen) atoms. The van der Waals surface area contributed by atoms with E-state index >= 15 is 0 Å². The highest BCUT2D eigenvalue weighted by Gasteiger charge is 2.25. The summed E-state index contributed by atoms with van der Waals surface area (Å²) in [7, 11) is 0. The van der Waals surface area contributed by atoms with Crippen LogP contribution in [0.3, 0.4) is 0 Å². The maximum absolute atomic E-state index is 6.95. The van der Waals surface area contributed by atoms with Crippen LogP contribution >= 0.6 is 0 Å². The van der Waals surface area contributed by atoms with Gasteiger partial charge in [-0.3, -0.25) is 0 Å². The fourth-order valence-corrected chi connectivity index (χ4v) is 11.6. The number of benzene rings is 11. The molecule has 0 radical (unpaired) electrons. The lowest BCUT2D eigenvalue weighted by molar-refractivity contribution is 0.669. The van der Waals surface area contributed by atoms with Crippen LogP contribution in [-0.4, -0.2) is 4.57 Å². The van der Waals surface area contributed by atoms with E-state index in [0.29, 0.717) is 5.92 Å². The van der Waals surface area contributed by atoms with Crippen LogP contribution < -0.4 is 0 Å². The summed E-state index contributed by atoms with van der Waals surface area (Å²) in [5.74, 6) is 0.326. The van der Waals surface area contributed by atoms with Crippen LogP contribution in [0, 0.1) is 0 Å². The molecule has 2 aromatic heterocycles. The molecule has 0 amide bonds. The molecule has 308 valence electrons. The molecule has 0 N–H and O–H groups in total. The van der Waals surface area contributed by atoms with Crippen molar-refractivity contribution in [3.05, 3.63) is 236 Å². The number of fused-ring (bicyclic) bond motifs is 10. The number of hydrogen-bond acceptors (Lipinski definition) is 1. The first kappa shape index (κ1) is 37.0. The Hall–Kier alpha value is -8.46. The monoisotopic (exact) mass is 839 g/mol. The van der Waals surface area contributed by atoms with E-state index in [9.17, 15) is 0 Å². The number of furan rings is 1. The Morgan fingerprint density at radius 2 is 0.909 bits per heavy atom. The topological polar surface area (TPSA) is 18.1 Å². The van der Waals surface area contributed by atoms with Gasteiger partial charge < -0.3 is 8.98 Å². The van der Waals surface area contributed by atoms with Crippen LogP contribution in [0.25, 0.3) is 126 Å². The fraction of sp³-hybridized carbons (Fsp3) is 0.0312. The van der Waals surface area contributed by atoms with Gasteiger partial charge in [0.1, 0.15) is 11.2 Å². The molecule has 13 aromatic rings. The van der Waals surface area contributed by atoms with Crippen LogP contribution in [-0.2, 0) is 0 Å². The van der Waals surface area contributed by atoms with Gasteiger partial charge in [0.15, 0.2) is 0 Å². The van der Waals surface area contributed by atoms with Gasteiger partial charge in [-0.25, -0.2) is 0 Å². The summed E-state index contributed by atoms with van der Waals surface area (Å²) < 4.78 is 9.36. The maximum atomic E-state index is 6.95. The molecule has 1 unspecified atom stereocenters. The van der Waals surface area contributed by atoms with Crippen molar-refractivity contribution in [1.82, 2.24) is 4.57 Å². The Morgan fingerprint density at radius 1 is 0.379 bits per heavy atom. The van der Waals surface area contributed by atoms with Gasteiger partial charge in [0, 0.05) is 33.2 Å². The highest BCUT2D eigenvalue weighted by Crippen LogP contribution is 2.50. The second kappa shape index (κ2) is 14.5. The van der Waals surface area contributed by atoms with Gasteiger partial charge >= 0.3 is 0 Å². The van der Waals surface area contributed by atoms with Gasteiger partial charge in [0.25, 0.3) is 0 Å². The average Bonchev–Trinajstić information content (AvgIpc) is 3.93. The van der Waals surface area contributed by atoms with Crippen LogP contribution in [0.15, 0.2) is 235 Å². The third-order valence-corrected chi connectivity index (χ3v) is 14.3. The largest absolute Gasteiger partial charge is 0.456 e. The first-order valence-corrected chi connectivity index (χ1v) is 23.0. The Bertz CT molecular complexity index is 4080. The standard InChI is InChI=1S/C64H41NO/c1-3-19-40(20-4-1)59-43-23-7-9-25-45(43)60(46-26-10-8-24-44(46)59)41-37-38-52-58(39-41)66-57-36-18-33-54(64(52)57)62-49-29-13-11-27-47(49)61(48-28-12-14-30-50(48)62)53-32-17-35-56-63(53)51-31-15-16-34-55(51)65(56)42-21-5-2-6-22-42/h1-19,21-40H,20H2. The highest BCUT2D eigenvalue weighted by atomic mass is 16.3. The van der Waals surface area contributed by atoms with E-state index in [-0.39, 0.29) is 0 Å². The molecule has 0 bridgehead atoms. The first-order chi connectivity index (χ1) is 32.8. The van der Waals surface area contributed by atoms with Crippen molar-refractivity contribution < 1.29 is 4.42 Å². The molecule has 2 heterocycles. The number of aromatic nitrogens is 1. The minimum atomic E-state index is 0.326. The van der Waals surface area contributed by atoms with Gasteiger partial charge in [-0.05, 0) is 131 Å². The Balaban J connectivity index is 1.01. The SMILES string of the molecule is C1=CCC(c2c3ccccc3c(-c3ccc4c(c3)oc3cccc(-c5c6ccccc6c(-c6cccc7c6c6ccccc6n7-c6ccccc6)c6ccccc56)c34)c3ccccc23)C=C1. The highest BCUT2D eigenvalue weighted by molar-refractivity contribution is 6.29. The Labute approximate surface area is 381 Å². The summed E-state index contributed by atoms with van der Waals surface area (Å²) in [4.78, 5) is 0. The Kier molecular flexibility index (Phi) is 8.14. The minimum Gasteiger partial charge on any atom is -0.456 e. The molecule has 0 saturated carbocycles. The summed E-state index contributed by atoms with van der Waals surface area (Å²) >= 11 is 0.